The standard InChI is InChI=1S/2C11H22O2S.2C8H17.Sn/c2*1-3-4-5-6-7-8-9-14-10(2)11(12)13;2*1-3-5-7-8-6-4-2;/h2*10H,3-9H2,1-2H3,(H,12,13);2*1,3-8H2,2H3;/q;;;;+2/p-2. The molecule has 268 valence electrons. The van der Waals surface area contributed by atoms with Gasteiger partial charge < -0.3 is 0 Å². The molecule has 0 rings (SSSR count). The minimum atomic E-state index is -4.02. The molecule has 0 aromatic heterocycles. The Kier molecular flexibility index (Phi) is 33.3. The van der Waals surface area contributed by atoms with Crippen molar-refractivity contribution in [1.29, 1.82) is 0 Å². The Bertz CT molecular complexity index is 622. The molecule has 0 aliphatic heterocycles. The summed E-state index contributed by atoms with van der Waals surface area (Å²) in [4.78, 5) is 27.2. The van der Waals surface area contributed by atoms with Crippen molar-refractivity contribution in [1.82, 2.24) is 0 Å². The fourth-order valence-corrected chi connectivity index (χ4v) is 17.6. The van der Waals surface area contributed by atoms with Crippen LogP contribution in [-0.2, 0) is 15.7 Å². The molecule has 2 atom stereocenters. The van der Waals surface area contributed by atoms with E-state index in [2.05, 4.69) is 27.7 Å². The van der Waals surface area contributed by atoms with E-state index in [4.69, 9.17) is 6.15 Å². The number of unbranched alkanes of at least 4 members (excludes halogenated alkanes) is 20. The molecule has 0 amide bonds. The zero-order valence-corrected chi connectivity index (χ0v) is 35.4. The van der Waals surface area contributed by atoms with Crippen molar-refractivity contribution in [2.75, 3.05) is 11.5 Å². The van der Waals surface area contributed by atoms with E-state index in [9.17, 15) is 9.59 Å². The van der Waals surface area contributed by atoms with Gasteiger partial charge in [-0.2, -0.15) is 0 Å². The Balaban J connectivity index is 5.41. The van der Waals surface area contributed by atoms with E-state index in [1.165, 1.54) is 116 Å². The van der Waals surface area contributed by atoms with Crippen molar-refractivity contribution in [3.05, 3.63) is 0 Å². The van der Waals surface area contributed by atoms with Gasteiger partial charge in [0.2, 0.25) is 0 Å². The van der Waals surface area contributed by atoms with Crippen molar-refractivity contribution >= 4 is 54.7 Å². The second-order valence-electron chi connectivity index (χ2n) is 13.3. The molecule has 0 fully saturated rings. The summed E-state index contributed by atoms with van der Waals surface area (Å²) in [6, 6.07) is 0. The van der Waals surface area contributed by atoms with Gasteiger partial charge in [0.25, 0.3) is 0 Å². The minimum absolute atomic E-state index is 0.126. The first-order chi connectivity index (χ1) is 21.9. The van der Waals surface area contributed by atoms with Crippen LogP contribution in [0.3, 0.4) is 0 Å². The van der Waals surface area contributed by atoms with Crippen LogP contribution >= 0.6 is 23.5 Å². The van der Waals surface area contributed by atoms with Gasteiger partial charge in [0.05, 0.1) is 0 Å². The van der Waals surface area contributed by atoms with E-state index in [0.717, 1.165) is 58.9 Å². The molecule has 0 aliphatic rings. The number of rotatable bonds is 34. The summed E-state index contributed by atoms with van der Waals surface area (Å²) in [5.74, 6) is 1.73. The molecule has 0 aromatic carbocycles. The quantitative estimate of drug-likeness (QED) is 0.0479. The summed E-state index contributed by atoms with van der Waals surface area (Å²) in [5, 5.41) is -0.409. The van der Waals surface area contributed by atoms with Crippen LogP contribution in [0.2, 0.25) is 8.87 Å². The summed E-state index contributed by atoms with van der Waals surface area (Å²) in [6.07, 6.45) is 29.4. The third-order valence-electron chi connectivity index (χ3n) is 8.79. The Hall–Kier alpha value is 0.439. The second-order valence-corrected chi connectivity index (χ2v) is 25.5. The van der Waals surface area contributed by atoms with Gasteiger partial charge in [-0.15, -0.1) is 0 Å². The molecule has 0 spiro atoms. The van der Waals surface area contributed by atoms with Crippen LogP contribution in [0.1, 0.15) is 196 Å². The molecule has 7 heteroatoms. The van der Waals surface area contributed by atoms with Gasteiger partial charge in [-0.1, -0.05) is 0 Å². The van der Waals surface area contributed by atoms with Crippen molar-refractivity contribution in [2.45, 2.75) is 215 Å². The first-order valence-corrected chi connectivity index (χ1v) is 28.0. The monoisotopic (exact) mass is 780 g/mol. The maximum atomic E-state index is 13.6. The van der Waals surface area contributed by atoms with Crippen molar-refractivity contribution in [3.63, 3.8) is 0 Å². The first kappa shape index (κ1) is 45.4. The van der Waals surface area contributed by atoms with E-state index in [1.807, 2.05) is 13.8 Å². The van der Waals surface area contributed by atoms with E-state index < -0.39 is 19.2 Å². The summed E-state index contributed by atoms with van der Waals surface area (Å²) in [7, 11) is 0. The Morgan fingerprint density at radius 2 is 0.711 bits per heavy atom. The van der Waals surface area contributed by atoms with Crippen LogP contribution in [0.25, 0.3) is 0 Å². The summed E-state index contributed by atoms with van der Waals surface area (Å²) < 4.78 is 14.8. The van der Waals surface area contributed by atoms with Crippen LogP contribution in [0.4, 0.5) is 0 Å². The van der Waals surface area contributed by atoms with E-state index >= 15 is 0 Å². The molecule has 0 aromatic rings. The average molecular weight is 780 g/mol. The number of hydrogen-bond acceptors (Lipinski definition) is 6. The molecule has 45 heavy (non-hydrogen) atoms. The molecule has 0 heterocycles. The van der Waals surface area contributed by atoms with Crippen LogP contribution in [-0.4, -0.2) is 53.1 Å². The average Bonchev–Trinajstić information content (AvgIpc) is 3.03. The zero-order chi connectivity index (χ0) is 33.4. The third kappa shape index (κ3) is 27.0. The molecule has 0 saturated carbocycles. The molecule has 0 aliphatic carbocycles. The van der Waals surface area contributed by atoms with Gasteiger partial charge in [-0.05, 0) is 0 Å². The molecular formula is C38H76O4S2Sn. The Morgan fingerprint density at radius 1 is 0.444 bits per heavy atom. The van der Waals surface area contributed by atoms with Gasteiger partial charge in [-0.25, -0.2) is 0 Å². The van der Waals surface area contributed by atoms with Gasteiger partial charge in [0.15, 0.2) is 0 Å². The summed E-state index contributed by atoms with van der Waals surface area (Å²) in [5.41, 5.74) is 0. The maximum absolute atomic E-state index is 13.6. The summed E-state index contributed by atoms with van der Waals surface area (Å²) in [6.45, 7) is 13.0. The molecule has 0 N–H and O–H groups in total. The zero-order valence-electron chi connectivity index (χ0n) is 30.9. The normalized spacial score (nSPS) is 13.1. The van der Waals surface area contributed by atoms with Crippen molar-refractivity contribution in [2.24, 2.45) is 0 Å². The van der Waals surface area contributed by atoms with Gasteiger partial charge >= 0.3 is 297 Å². The molecule has 0 saturated heterocycles. The van der Waals surface area contributed by atoms with Crippen LogP contribution in [0.5, 0.6) is 0 Å². The van der Waals surface area contributed by atoms with Crippen LogP contribution < -0.4 is 0 Å². The third-order valence-corrected chi connectivity index (χ3v) is 20.9. The van der Waals surface area contributed by atoms with Gasteiger partial charge in [0.1, 0.15) is 0 Å². The SMILES string of the molecule is CCCCCCCCSC(C)C(=O)[O][Sn]([CH2]CCCCCCC)([CH2]CCCCCCC)[O]C(=O)C(C)SCCCCCCCC. The number of hydrogen-bond donors (Lipinski definition) is 0. The van der Waals surface area contributed by atoms with Crippen molar-refractivity contribution < 1.29 is 15.7 Å². The fourth-order valence-electron chi connectivity index (χ4n) is 5.65. The number of carbonyl (C=O) groups is 2. The topological polar surface area (TPSA) is 52.6 Å². The Morgan fingerprint density at radius 3 is 1.02 bits per heavy atom. The molecule has 0 bridgehead atoms. The van der Waals surface area contributed by atoms with E-state index in [-0.39, 0.29) is 22.4 Å². The summed E-state index contributed by atoms with van der Waals surface area (Å²) >= 11 is -0.575. The Labute approximate surface area is 295 Å². The van der Waals surface area contributed by atoms with E-state index in [0.29, 0.717) is 0 Å². The second kappa shape index (κ2) is 33.0. The molecule has 2 unspecified atom stereocenters. The molecule has 0 radical (unpaired) electrons. The number of carbonyl (C=O) groups excluding carboxylic acids is 2. The van der Waals surface area contributed by atoms with Crippen molar-refractivity contribution in [3.8, 4) is 0 Å². The van der Waals surface area contributed by atoms with Crippen LogP contribution in [0.15, 0.2) is 0 Å². The molecular weight excluding hydrogens is 703 g/mol. The van der Waals surface area contributed by atoms with E-state index in [1.54, 1.807) is 23.5 Å². The van der Waals surface area contributed by atoms with Gasteiger partial charge in [-0.3, -0.25) is 0 Å². The predicted octanol–water partition coefficient (Wildman–Crippen LogP) is 13.2. The molecule has 4 nitrogen and oxygen atoms in total. The predicted molar refractivity (Wildman–Crippen MR) is 205 cm³/mol. The van der Waals surface area contributed by atoms with Gasteiger partial charge in [0, 0.05) is 0 Å². The fraction of sp³-hybridized carbons (Fsp3) is 0.947. The first-order valence-electron chi connectivity index (χ1n) is 19.5. The number of thioether (sulfide) groups is 2. The van der Waals surface area contributed by atoms with Crippen LogP contribution in [0, 0.1) is 0 Å².